The van der Waals surface area contributed by atoms with Crippen LogP contribution in [0.3, 0.4) is 0 Å². The monoisotopic (exact) mass is 192 g/mol. The van der Waals surface area contributed by atoms with Crippen LogP contribution in [0.15, 0.2) is 9.98 Å². The predicted molar refractivity (Wildman–Crippen MR) is 61.5 cm³/mol. The van der Waals surface area contributed by atoms with Crippen molar-refractivity contribution in [3.05, 3.63) is 0 Å². The summed E-state index contributed by atoms with van der Waals surface area (Å²) < 4.78 is 0. The van der Waals surface area contributed by atoms with Gasteiger partial charge in [-0.2, -0.15) is 0 Å². The van der Waals surface area contributed by atoms with Gasteiger partial charge in [-0.1, -0.05) is 0 Å². The number of hydrogen-bond acceptors (Lipinski definition) is 2. The largest absolute Gasteiger partial charge is 0.292 e. The Morgan fingerprint density at radius 3 is 1.36 bits per heavy atom. The molecular formula is C12H20N2. The summed E-state index contributed by atoms with van der Waals surface area (Å²) in [5.41, 5.74) is 2.88. The van der Waals surface area contributed by atoms with E-state index in [9.17, 15) is 0 Å². The smallest absolute Gasteiger partial charge is 0.0584 e. The zero-order valence-electron chi connectivity index (χ0n) is 8.97. The zero-order valence-corrected chi connectivity index (χ0v) is 8.97. The summed E-state index contributed by atoms with van der Waals surface area (Å²) in [6.07, 6.45) is 10.4. The Balaban J connectivity index is 1.67. The highest BCUT2D eigenvalue weighted by Crippen LogP contribution is 2.15. The molecule has 78 valence electrons. The van der Waals surface area contributed by atoms with Crippen molar-refractivity contribution in [3.8, 4) is 0 Å². The fraction of sp³-hybridized carbons (Fsp3) is 0.833. The van der Waals surface area contributed by atoms with Gasteiger partial charge in [0.1, 0.15) is 0 Å². The van der Waals surface area contributed by atoms with Crippen LogP contribution in [0.2, 0.25) is 0 Å². The third kappa shape index (κ3) is 2.93. The second-order valence-electron chi connectivity index (χ2n) is 4.31. The van der Waals surface area contributed by atoms with E-state index >= 15 is 0 Å². The molecule has 0 aromatic carbocycles. The van der Waals surface area contributed by atoms with Gasteiger partial charge in [-0.15, -0.1) is 0 Å². The minimum absolute atomic E-state index is 0.929. The van der Waals surface area contributed by atoms with Gasteiger partial charge in [-0.3, -0.25) is 9.98 Å². The highest BCUT2D eigenvalue weighted by Gasteiger charge is 2.08. The molecule has 14 heavy (non-hydrogen) atoms. The summed E-state index contributed by atoms with van der Waals surface area (Å²) in [7, 11) is 0. The van der Waals surface area contributed by atoms with Crippen molar-refractivity contribution in [2.24, 2.45) is 9.98 Å². The number of hydrogen-bond donors (Lipinski definition) is 0. The Kier molecular flexibility index (Phi) is 3.72. The summed E-state index contributed by atoms with van der Waals surface area (Å²) in [5, 5.41) is 0. The van der Waals surface area contributed by atoms with Crippen LogP contribution in [0.4, 0.5) is 0 Å². The molecule has 2 heteroatoms. The lowest BCUT2D eigenvalue weighted by Gasteiger charge is -1.96. The summed E-state index contributed by atoms with van der Waals surface area (Å²) in [6, 6.07) is 0. The molecule has 0 N–H and O–H groups in total. The second-order valence-corrected chi connectivity index (χ2v) is 4.31. The van der Waals surface area contributed by atoms with Crippen LogP contribution in [0.1, 0.15) is 51.4 Å². The standard InChI is InChI=1S/C12H20N2/c1-2-6-11(5-1)13-9-10-14-12-7-3-4-8-12/h1-10H2. The Morgan fingerprint density at radius 1 is 0.643 bits per heavy atom. The molecule has 0 bridgehead atoms. The molecule has 0 aromatic rings. The molecule has 0 unspecified atom stereocenters. The van der Waals surface area contributed by atoms with E-state index in [1.165, 1.54) is 62.8 Å². The molecule has 2 aliphatic rings. The molecular weight excluding hydrogens is 172 g/mol. The topological polar surface area (TPSA) is 24.7 Å². The Bertz CT molecular complexity index is 199. The van der Waals surface area contributed by atoms with Crippen molar-refractivity contribution >= 4 is 11.4 Å². The van der Waals surface area contributed by atoms with Crippen molar-refractivity contribution in [2.75, 3.05) is 13.1 Å². The van der Waals surface area contributed by atoms with Crippen molar-refractivity contribution in [1.29, 1.82) is 0 Å². The van der Waals surface area contributed by atoms with E-state index in [1.807, 2.05) is 0 Å². The third-order valence-corrected chi connectivity index (χ3v) is 3.13. The van der Waals surface area contributed by atoms with Crippen LogP contribution >= 0.6 is 0 Å². The Labute approximate surface area is 86.5 Å². The van der Waals surface area contributed by atoms with Crippen molar-refractivity contribution in [3.63, 3.8) is 0 Å². The van der Waals surface area contributed by atoms with Gasteiger partial charge < -0.3 is 0 Å². The first-order chi connectivity index (χ1) is 6.95. The second kappa shape index (κ2) is 5.28. The van der Waals surface area contributed by atoms with Gasteiger partial charge in [0.2, 0.25) is 0 Å². The van der Waals surface area contributed by atoms with Crippen molar-refractivity contribution in [1.82, 2.24) is 0 Å². The fourth-order valence-electron chi connectivity index (χ4n) is 2.30. The molecule has 2 saturated carbocycles. The molecule has 2 fully saturated rings. The van der Waals surface area contributed by atoms with E-state index in [1.54, 1.807) is 0 Å². The first-order valence-corrected chi connectivity index (χ1v) is 5.99. The lowest BCUT2D eigenvalue weighted by atomic mass is 10.3. The molecule has 0 amide bonds. The highest BCUT2D eigenvalue weighted by atomic mass is 14.8. The first-order valence-electron chi connectivity index (χ1n) is 5.99. The van der Waals surface area contributed by atoms with Crippen LogP contribution in [0.5, 0.6) is 0 Å². The molecule has 2 nitrogen and oxygen atoms in total. The van der Waals surface area contributed by atoms with Crippen LogP contribution < -0.4 is 0 Å². The van der Waals surface area contributed by atoms with Crippen LogP contribution in [-0.2, 0) is 0 Å². The van der Waals surface area contributed by atoms with Gasteiger partial charge in [-0.25, -0.2) is 0 Å². The lowest BCUT2D eigenvalue weighted by molar-refractivity contribution is 0.886. The molecule has 0 spiro atoms. The van der Waals surface area contributed by atoms with Crippen molar-refractivity contribution < 1.29 is 0 Å². The molecule has 0 heterocycles. The van der Waals surface area contributed by atoms with E-state index in [0.717, 1.165) is 13.1 Å². The van der Waals surface area contributed by atoms with Gasteiger partial charge in [0.15, 0.2) is 0 Å². The van der Waals surface area contributed by atoms with Crippen LogP contribution in [-0.4, -0.2) is 24.5 Å². The maximum Gasteiger partial charge on any atom is 0.0584 e. The van der Waals surface area contributed by atoms with Gasteiger partial charge in [0.25, 0.3) is 0 Å². The molecule has 2 aliphatic carbocycles. The average Bonchev–Trinajstić information content (AvgIpc) is 2.86. The summed E-state index contributed by atoms with van der Waals surface area (Å²) >= 11 is 0. The maximum absolute atomic E-state index is 4.59. The maximum atomic E-state index is 4.59. The quantitative estimate of drug-likeness (QED) is 0.614. The van der Waals surface area contributed by atoms with E-state index in [4.69, 9.17) is 0 Å². The van der Waals surface area contributed by atoms with E-state index in [-0.39, 0.29) is 0 Å². The molecule has 0 radical (unpaired) electrons. The SMILES string of the molecule is C1CCC(=NCCN=C2CCCC2)C1. The molecule has 0 saturated heterocycles. The molecule has 0 aliphatic heterocycles. The van der Waals surface area contributed by atoms with Gasteiger partial charge in [-0.05, 0) is 51.4 Å². The minimum atomic E-state index is 0.929. The lowest BCUT2D eigenvalue weighted by Crippen LogP contribution is -1.97. The first kappa shape index (κ1) is 9.88. The molecule has 0 aromatic heterocycles. The number of rotatable bonds is 3. The van der Waals surface area contributed by atoms with Crippen LogP contribution in [0.25, 0.3) is 0 Å². The summed E-state index contributed by atoms with van der Waals surface area (Å²) in [4.78, 5) is 9.19. The molecule has 2 rings (SSSR count). The van der Waals surface area contributed by atoms with Gasteiger partial charge in [0.05, 0.1) is 13.1 Å². The minimum Gasteiger partial charge on any atom is -0.292 e. The normalized spacial score (nSPS) is 21.7. The zero-order chi connectivity index (χ0) is 9.64. The van der Waals surface area contributed by atoms with Gasteiger partial charge >= 0.3 is 0 Å². The predicted octanol–water partition coefficient (Wildman–Crippen LogP) is 3.02. The van der Waals surface area contributed by atoms with E-state index in [2.05, 4.69) is 9.98 Å². The third-order valence-electron chi connectivity index (χ3n) is 3.13. The van der Waals surface area contributed by atoms with Gasteiger partial charge in [0, 0.05) is 11.4 Å². The molecule has 0 atom stereocenters. The summed E-state index contributed by atoms with van der Waals surface area (Å²) in [5.74, 6) is 0. The summed E-state index contributed by atoms with van der Waals surface area (Å²) in [6.45, 7) is 1.86. The van der Waals surface area contributed by atoms with E-state index in [0.29, 0.717) is 0 Å². The Hall–Kier alpha value is -0.660. The van der Waals surface area contributed by atoms with Crippen LogP contribution in [0, 0.1) is 0 Å². The fourth-order valence-corrected chi connectivity index (χ4v) is 2.30. The number of aliphatic imine (C=N–C) groups is 2. The van der Waals surface area contributed by atoms with Crippen molar-refractivity contribution in [2.45, 2.75) is 51.4 Å². The highest BCUT2D eigenvalue weighted by molar-refractivity contribution is 5.86. The Morgan fingerprint density at radius 2 is 1.00 bits per heavy atom. The average molecular weight is 192 g/mol. The number of nitrogens with zero attached hydrogens (tertiary/aromatic N) is 2. The van der Waals surface area contributed by atoms with E-state index < -0.39 is 0 Å².